The van der Waals surface area contributed by atoms with E-state index in [1.54, 1.807) is 18.4 Å². The highest BCUT2D eigenvalue weighted by Crippen LogP contribution is 2.11. The molecule has 0 aliphatic carbocycles. The molecule has 0 radical (unpaired) electrons. The molecule has 1 aromatic heterocycles. The van der Waals surface area contributed by atoms with Crippen LogP contribution in [0.5, 0.6) is 0 Å². The molecule has 1 heterocycles. The van der Waals surface area contributed by atoms with E-state index in [4.69, 9.17) is 11.6 Å². The number of guanidine groups is 1. The molecule has 0 saturated heterocycles. The molecule has 4 nitrogen and oxygen atoms in total. The van der Waals surface area contributed by atoms with Crippen LogP contribution in [0.3, 0.4) is 0 Å². The van der Waals surface area contributed by atoms with Crippen molar-refractivity contribution in [1.82, 2.24) is 15.6 Å². The first kappa shape index (κ1) is 17.8. The molecule has 0 bridgehead atoms. The van der Waals surface area contributed by atoms with Gasteiger partial charge in [0.2, 0.25) is 0 Å². The van der Waals surface area contributed by atoms with Crippen LogP contribution in [-0.2, 0) is 12.8 Å². The van der Waals surface area contributed by atoms with Crippen molar-refractivity contribution < 1.29 is 0 Å². The number of rotatable bonds is 7. The molecule has 1 aromatic carbocycles. The second kappa shape index (κ2) is 9.53. The largest absolute Gasteiger partial charge is 0.356 e. The first-order chi connectivity index (χ1) is 11.2. The molecule has 2 aromatic rings. The molecule has 0 aliphatic heterocycles. The third-order valence-electron chi connectivity index (χ3n) is 3.35. The summed E-state index contributed by atoms with van der Waals surface area (Å²) in [4.78, 5) is 8.71. The molecule has 0 aliphatic rings. The minimum absolute atomic E-state index is 0.780. The van der Waals surface area contributed by atoms with Gasteiger partial charge in [-0.25, -0.2) is 4.98 Å². The highest BCUT2D eigenvalue weighted by Gasteiger charge is 2.01. The number of aliphatic imine (C=N–C) groups is 1. The SMILES string of the molecule is CN=C(NCCCc1nc(C)cs1)NCCc1cccc(Cl)c1. The van der Waals surface area contributed by atoms with Gasteiger partial charge in [0.15, 0.2) is 5.96 Å². The van der Waals surface area contributed by atoms with Gasteiger partial charge in [0.05, 0.1) is 5.01 Å². The Hall–Kier alpha value is -1.59. The lowest BCUT2D eigenvalue weighted by Crippen LogP contribution is -2.38. The molecule has 0 atom stereocenters. The van der Waals surface area contributed by atoms with Gasteiger partial charge in [-0.2, -0.15) is 0 Å². The van der Waals surface area contributed by atoms with Crippen LogP contribution < -0.4 is 10.6 Å². The Morgan fingerprint density at radius 2 is 2.09 bits per heavy atom. The van der Waals surface area contributed by atoms with E-state index in [2.05, 4.69) is 32.1 Å². The Kier molecular flexibility index (Phi) is 7.36. The Morgan fingerprint density at radius 3 is 2.78 bits per heavy atom. The lowest BCUT2D eigenvalue weighted by molar-refractivity contribution is 0.736. The number of nitrogens with zero attached hydrogens (tertiary/aromatic N) is 2. The average Bonchev–Trinajstić information content (AvgIpc) is 2.95. The van der Waals surface area contributed by atoms with Crippen LogP contribution in [-0.4, -0.2) is 31.1 Å². The van der Waals surface area contributed by atoms with Crippen LogP contribution in [0.2, 0.25) is 5.02 Å². The zero-order valence-corrected chi connectivity index (χ0v) is 15.2. The van der Waals surface area contributed by atoms with Gasteiger partial charge in [-0.3, -0.25) is 4.99 Å². The van der Waals surface area contributed by atoms with Crippen molar-refractivity contribution >= 4 is 28.9 Å². The topological polar surface area (TPSA) is 49.3 Å². The lowest BCUT2D eigenvalue weighted by atomic mass is 10.1. The van der Waals surface area contributed by atoms with Crippen molar-refractivity contribution in [2.24, 2.45) is 4.99 Å². The molecule has 0 amide bonds. The molecule has 0 unspecified atom stereocenters. The van der Waals surface area contributed by atoms with Gasteiger partial charge in [-0.15, -0.1) is 11.3 Å². The van der Waals surface area contributed by atoms with Gasteiger partial charge < -0.3 is 10.6 Å². The molecule has 0 fully saturated rings. The van der Waals surface area contributed by atoms with Crippen molar-refractivity contribution in [2.45, 2.75) is 26.2 Å². The average molecular weight is 351 g/mol. The molecule has 23 heavy (non-hydrogen) atoms. The van der Waals surface area contributed by atoms with E-state index >= 15 is 0 Å². The number of halogens is 1. The van der Waals surface area contributed by atoms with Crippen molar-refractivity contribution in [3.63, 3.8) is 0 Å². The second-order valence-electron chi connectivity index (χ2n) is 5.29. The van der Waals surface area contributed by atoms with Crippen molar-refractivity contribution in [2.75, 3.05) is 20.1 Å². The minimum Gasteiger partial charge on any atom is -0.356 e. The fourth-order valence-electron chi connectivity index (χ4n) is 2.20. The number of hydrogen-bond donors (Lipinski definition) is 2. The number of aryl methyl sites for hydroxylation is 2. The second-order valence-corrected chi connectivity index (χ2v) is 6.67. The van der Waals surface area contributed by atoms with E-state index in [1.807, 2.05) is 25.1 Å². The summed E-state index contributed by atoms with van der Waals surface area (Å²) in [6, 6.07) is 7.95. The van der Waals surface area contributed by atoms with E-state index < -0.39 is 0 Å². The summed E-state index contributed by atoms with van der Waals surface area (Å²) in [6.07, 6.45) is 2.96. The lowest BCUT2D eigenvalue weighted by Gasteiger charge is -2.11. The van der Waals surface area contributed by atoms with Crippen LogP contribution >= 0.6 is 22.9 Å². The number of nitrogens with one attached hydrogen (secondary N) is 2. The number of hydrogen-bond acceptors (Lipinski definition) is 3. The Bertz CT molecular complexity index is 639. The van der Waals surface area contributed by atoms with Crippen molar-refractivity contribution in [3.05, 3.63) is 50.9 Å². The van der Waals surface area contributed by atoms with E-state index in [1.165, 1.54) is 10.6 Å². The van der Waals surface area contributed by atoms with E-state index in [-0.39, 0.29) is 0 Å². The smallest absolute Gasteiger partial charge is 0.190 e. The van der Waals surface area contributed by atoms with E-state index in [0.29, 0.717) is 0 Å². The summed E-state index contributed by atoms with van der Waals surface area (Å²) < 4.78 is 0. The Morgan fingerprint density at radius 1 is 1.26 bits per heavy atom. The van der Waals surface area contributed by atoms with Crippen LogP contribution in [0.25, 0.3) is 0 Å². The first-order valence-electron chi connectivity index (χ1n) is 7.77. The van der Waals surface area contributed by atoms with Crippen molar-refractivity contribution in [3.8, 4) is 0 Å². The van der Waals surface area contributed by atoms with Crippen LogP contribution in [0.15, 0.2) is 34.6 Å². The predicted molar refractivity (Wildman–Crippen MR) is 99.7 cm³/mol. The summed E-state index contributed by atoms with van der Waals surface area (Å²) in [5, 5.41) is 10.7. The van der Waals surface area contributed by atoms with Gasteiger partial charge in [0, 0.05) is 42.7 Å². The number of benzene rings is 1. The van der Waals surface area contributed by atoms with Crippen LogP contribution in [0.4, 0.5) is 0 Å². The quantitative estimate of drug-likeness (QED) is 0.457. The third kappa shape index (κ3) is 6.59. The highest BCUT2D eigenvalue weighted by atomic mass is 35.5. The maximum absolute atomic E-state index is 5.99. The number of thiazole rings is 1. The summed E-state index contributed by atoms with van der Waals surface area (Å²) in [5.74, 6) is 0.836. The molecular weight excluding hydrogens is 328 g/mol. The van der Waals surface area contributed by atoms with Gasteiger partial charge >= 0.3 is 0 Å². The molecule has 0 spiro atoms. The first-order valence-corrected chi connectivity index (χ1v) is 9.03. The summed E-state index contributed by atoms with van der Waals surface area (Å²) in [7, 11) is 1.79. The fraction of sp³-hybridized carbons (Fsp3) is 0.412. The molecule has 2 rings (SSSR count). The molecule has 0 saturated carbocycles. The highest BCUT2D eigenvalue weighted by molar-refractivity contribution is 7.09. The van der Waals surface area contributed by atoms with Crippen LogP contribution in [0, 0.1) is 6.92 Å². The minimum atomic E-state index is 0.780. The zero-order valence-electron chi connectivity index (χ0n) is 13.6. The standard InChI is InChI=1S/C17H23ClN4S/c1-13-12-23-16(22-13)7-4-9-20-17(19-2)21-10-8-14-5-3-6-15(18)11-14/h3,5-6,11-12H,4,7-10H2,1-2H3,(H2,19,20,21). The van der Waals surface area contributed by atoms with E-state index in [0.717, 1.165) is 49.0 Å². The summed E-state index contributed by atoms with van der Waals surface area (Å²) >= 11 is 7.72. The Labute approximate surface area is 147 Å². The molecular formula is C17H23ClN4S. The third-order valence-corrected chi connectivity index (χ3v) is 4.61. The van der Waals surface area contributed by atoms with Gasteiger partial charge in [0.1, 0.15) is 0 Å². The van der Waals surface area contributed by atoms with Crippen molar-refractivity contribution in [1.29, 1.82) is 0 Å². The van der Waals surface area contributed by atoms with Gasteiger partial charge in [-0.05, 0) is 37.5 Å². The normalized spacial score (nSPS) is 11.5. The Balaban J connectivity index is 1.63. The fourth-order valence-corrected chi connectivity index (χ4v) is 3.23. The maximum Gasteiger partial charge on any atom is 0.190 e. The maximum atomic E-state index is 5.99. The predicted octanol–water partition coefficient (Wildman–Crippen LogP) is 3.45. The molecule has 2 N–H and O–H groups in total. The van der Waals surface area contributed by atoms with Crippen LogP contribution in [0.1, 0.15) is 22.7 Å². The summed E-state index contributed by atoms with van der Waals surface area (Å²) in [6.45, 7) is 3.74. The molecule has 6 heteroatoms. The monoisotopic (exact) mass is 350 g/mol. The summed E-state index contributed by atoms with van der Waals surface area (Å²) in [5.41, 5.74) is 2.33. The van der Waals surface area contributed by atoms with Gasteiger partial charge in [-0.1, -0.05) is 23.7 Å². The van der Waals surface area contributed by atoms with E-state index in [9.17, 15) is 0 Å². The number of aromatic nitrogens is 1. The van der Waals surface area contributed by atoms with Gasteiger partial charge in [0.25, 0.3) is 0 Å². The zero-order chi connectivity index (χ0) is 16.5. The molecule has 124 valence electrons.